The molecular formula is C10H11BrClNO4S. The summed E-state index contributed by atoms with van der Waals surface area (Å²) < 4.78 is 25.9. The Morgan fingerprint density at radius 2 is 2.11 bits per heavy atom. The van der Waals surface area contributed by atoms with Crippen molar-refractivity contribution in [2.24, 2.45) is 0 Å². The van der Waals surface area contributed by atoms with Crippen LogP contribution in [-0.4, -0.2) is 36.9 Å². The molecule has 100 valence electrons. The molecular weight excluding hydrogens is 346 g/mol. The highest BCUT2D eigenvalue weighted by atomic mass is 79.9. The molecule has 0 aliphatic rings. The number of carboxylic acids is 1. The standard InChI is InChI=1S/C10H11BrClNO4S/c1-2-13(6-10(14)15)18(16,17)9-4-3-7(11)5-8(9)12/h3-5H,2,6H2,1H3,(H,14,15). The number of hydrogen-bond donors (Lipinski definition) is 1. The summed E-state index contributed by atoms with van der Waals surface area (Å²) in [6.07, 6.45) is 0. The molecule has 0 heterocycles. The van der Waals surface area contributed by atoms with E-state index in [-0.39, 0.29) is 16.5 Å². The highest BCUT2D eigenvalue weighted by molar-refractivity contribution is 9.10. The largest absolute Gasteiger partial charge is 0.480 e. The quantitative estimate of drug-likeness (QED) is 0.877. The van der Waals surface area contributed by atoms with Gasteiger partial charge >= 0.3 is 5.97 Å². The molecule has 0 amide bonds. The van der Waals surface area contributed by atoms with E-state index in [9.17, 15) is 13.2 Å². The zero-order chi connectivity index (χ0) is 13.9. The number of likely N-dealkylation sites (N-methyl/N-ethyl adjacent to an activating group) is 1. The van der Waals surface area contributed by atoms with E-state index in [1.54, 1.807) is 6.92 Å². The normalized spacial score (nSPS) is 11.8. The summed E-state index contributed by atoms with van der Waals surface area (Å²) in [6.45, 7) is 1.03. The first kappa shape index (κ1) is 15.4. The molecule has 0 aromatic heterocycles. The fourth-order valence-electron chi connectivity index (χ4n) is 1.34. The van der Waals surface area contributed by atoms with Crippen molar-refractivity contribution in [2.75, 3.05) is 13.1 Å². The van der Waals surface area contributed by atoms with Gasteiger partial charge in [0.15, 0.2) is 0 Å². The van der Waals surface area contributed by atoms with Crippen LogP contribution in [0.5, 0.6) is 0 Å². The second-order valence-electron chi connectivity index (χ2n) is 3.40. The van der Waals surface area contributed by atoms with Gasteiger partial charge in [0.25, 0.3) is 0 Å². The highest BCUT2D eigenvalue weighted by Crippen LogP contribution is 2.27. The van der Waals surface area contributed by atoms with Gasteiger partial charge in [0.2, 0.25) is 10.0 Å². The molecule has 0 unspecified atom stereocenters. The average molecular weight is 357 g/mol. The number of aliphatic carboxylic acids is 1. The van der Waals surface area contributed by atoms with Crippen molar-refractivity contribution in [1.82, 2.24) is 4.31 Å². The molecule has 1 rings (SSSR count). The number of hydrogen-bond acceptors (Lipinski definition) is 3. The molecule has 1 N–H and O–H groups in total. The summed E-state index contributed by atoms with van der Waals surface area (Å²) in [5.41, 5.74) is 0. The number of rotatable bonds is 5. The SMILES string of the molecule is CCN(CC(=O)O)S(=O)(=O)c1ccc(Br)cc1Cl. The van der Waals surface area contributed by atoms with Crippen LogP contribution in [0.15, 0.2) is 27.6 Å². The minimum Gasteiger partial charge on any atom is -0.480 e. The smallest absolute Gasteiger partial charge is 0.318 e. The van der Waals surface area contributed by atoms with Crippen LogP contribution in [0.4, 0.5) is 0 Å². The Kier molecular flexibility index (Phi) is 5.15. The van der Waals surface area contributed by atoms with E-state index in [0.29, 0.717) is 4.47 Å². The van der Waals surface area contributed by atoms with E-state index in [1.165, 1.54) is 18.2 Å². The van der Waals surface area contributed by atoms with Gasteiger partial charge in [0.05, 0.1) is 5.02 Å². The van der Waals surface area contributed by atoms with Crippen molar-refractivity contribution in [3.8, 4) is 0 Å². The summed E-state index contributed by atoms with van der Waals surface area (Å²) in [5.74, 6) is -1.21. The van der Waals surface area contributed by atoms with Crippen molar-refractivity contribution in [1.29, 1.82) is 0 Å². The van der Waals surface area contributed by atoms with Gasteiger partial charge in [0.1, 0.15) is 11.4 Å². The van der Waals surface area contributed by atoms with E-state index in [0.717, 1.165) is 4.31 Å². The van der Waals surface area contributed by atoms with Gasteiger partial charge in [0, 0.05) is 11.0 Å². The highest BCUT2D eigenvalue weighted by Gasteiger charge is 2.27. The van der Waals surface area contributed by atoms with Gasteiger partial charge < -0.3 is 5.11 Å². The lowest BCUT2D eigenvalue weighted by atomic mass is 10.4. The predicted molar refractivity (Wildman–Crippen MR) is 71.2 cm³/mol. The average Bonchev–Trinajstić information content (AvgIpc) is 2.24. The number of halogens is 2. The first-order valence-corrected chi connectivity index (χ1v) is 7.57. The van der Waals surface area contributed by atoms with Crippen molar-refractivity contribution in [3.05, 3.63) is 27.7 Å². The van der Waals surface area contributed by atoms with Crippen molar-refractivity contribution in [3.63, 3.8) is 0 Å². The molecule has 0 saturated heterocycles. The minimum atomic E-state index is -3.89. The zero-order valence-electron chi connectivity index (χ0n) is 9.43. The van der Waals surface area contributed by atoms with Crippen molar-refractivity contribution in [2.45, 2.75) is 11.8 Å². The molecule has 0 spiro atoms. The van der Waals surface area contributed by atoms with E-state index >= 15 is 0 Å². The monoisotopic (exact) mass is 355 g/mol. The summed E-state index contributed by atoms with van der Waals surface area (Å²) in [6, 6.07) is 4.32. The molecule has 18 heavy (non-hydrogen) atoms. The molecule has 0 bridgehead atoms. The van der Waals surface area contributed by atoms with Crippen LogP contribution in [0, 0.1) is 0 Å². The molecule has 0 fully saturated rings. The van der Waals surface area contributed by atoms with Gasteiger partial charge in [-0.1, -0.05) is 34.5 Å². The summed E-state index contributed by atoms with van der Waals surface area (Å²) >= 11 is 9.04. The number of nitrogens with zero attached hydrogens (tertiary/aromatic N) is 1. The molecule has 1 aromatic rings. The van der Waals surface area contributed by atoms with E-state index < -0.39 is 22.5 Å². The molecule has 0 atom stereocenters. The first-order valence-electron chi connectivity index (χ1n) is 4.96. The maximum absolute atomic E-state index is 12.2. The van der Waals surface area contributed by atoms with Gasteiger partial charge in [-0.25, -0.2) is 8.42 Å². The van der Waals surface area contributed by atoms with E-state index in [4.69, 9.17) is 16.7 Å². The Morgan fingerprint density at radius 3 is 2.56 bits per heavy atom. The van der Waals surface area contributed by atoms with Crippen LogP contribution in [0.2, 0.25) is 5.02 Å². The predicted octanol–water partition coefficient (Wildman–Crippen LogP) is 2.20. The summed E-state index contributed by atoms with van der Waals surface area (Å²) in [5, 5.41) is 8.74. The Balaban J connectivity index is 3.23. The number of carbonyl (C=O) groups is 1. The summed E-state index contributed by atoms with van der Waals surface area (Å²) in [7, 11) is -3.89. The van der Waals surface area contributed by atoms with Crippen LogP contribution in [-0.2, 0) is 14.8 Å². The molecule has 1 aromatic carbocycles. The topological polar surface area (TPSA) is 74.7 Å². The second kappa shape index (κ2) is 6.01. The third kappa shape index (κ3) is 3.44. The van der Waals surface area contributed by atoms with E-state index in [2.05, 4.69) is 15.9 Å². The van der Waals surface area contributed by atoms with Gasteiger partial charge in [-0.3, -0.25) is 4.79 Å². The van der Waals surface area contributed by atoms with Crippen LogP contribution < -0.4 is 0 Å². The van der Waals surface area contributed by atoms with Gasteiger partial charge in [-0.2, -0.15) is 4.31 Å². The molecule has 0 radical (unpaired) electrons. The Morgan fingerprint density at radius 1 is 1.50 bits per heavy atom. The lowest BCUT2D eigenvalue weighted by Crippen LogP contribution is -2.35. The van der Waals surface area contributed by atoms with Gasteiger partial charge in [-0.15, -0.1) is 0 Å². The fraction of sp³-hybridized carbons (Fsp3) is 0.300. The van der Waals surface area contributed by atoms with Crippen LogP contribution in [0.3, 0.4) is 0 Å². The van der Waals surface area contributed by atoms with E-state index in [1.807, 2.05) is 0 Å². The number of carboxylic acid groups (broad SMARTS) is 1. The molecule has 5 nitrogen and oxygen atoms in total. The molecule has 0 aliphatic carbocycles. The number of benzene rings is 1. The molecule has 0 aliphatic heterocycles. The maximum atomic E-state index is 12.2. The lowest BCUT2D eigenvalue weighted by Gasteiger charge is -2.19. The molecule has 0 saturated carbocycles. The van der Waals surface area contributed by atoms with Crippen molar-refractivity contribution >= 4 is 43.5 Å². The van der Waals surface area contributed by atoms with Crippen LogP contribution in [0.25, 0.3) is 0 Å². The third-order valence-electron chi connectivity index (χ3n) is 2.18. The maximum Gasteiger partial charge on any atom is 0.318 e. The van der Waals surface area contributed by atoms with Crippen molar-refractivity contribution < 1.29 is 18.3 Å². The minimum absolute atomic E-state index is 0.0493. The van der Waals surface area contributed by atoms with Crippen LogP contribution >= 0.6 is 27.5 Å². The van der Waals surface area contributed by atoms with Crippen LogP contribution in [0.1, 0.15) is 6.92 Å². The van der Waals surface area contributed by atoms with Gasteiger partial charge in [-0.05, 0) is 18.2 Å². The molecule has 8 heteroatoms. The Bertz CT molecular complexity index is 561. The Labute approximate surface area is 119 Å². The zero-order valence-corrected chi connectivity index (χ0v) is 12.6. The first-order chi connectivity index (χ1) is 8.28. The number of sulfonamides is 1. The lowest BCUT2D eigenvalue weighted by molar-refractivity contribution is -0.137. The Hall–Kier alpha value is -0.630. The third-order valence-corrected chi connectivity index (χ3v) is 5.07. The summed E-state index contributed by atoms with van der Waals surface area (Å²) in [4.78, 5) is 10.5. The fourth-order valence-corrected chi connectivity index (χ4v) is 3.75. The second-order valence-corrected chi connectivity index (χ2v) is 6.63.